The van der Waals surface area contributed by atoms with Gasteiger partial charge < -0.3 is 4.90 Å². The summed E-state index contributed by atoms with van der Waals surface area (Å²) in [5.74, 6) is 0.251. The predicted octanol–water partition coefficient (Wildman–Crippen LogP) is 2.22. The van der Waals surface area contributed by atoms with Gasteiger partial charge in [0.1, 0.15) is 0 Å². The Labute approximate surface area is 133 Å². The smallest absolute Gasteiger partial charge is 0.239 e. The summed E-state index contributed by atoms with van der Waals surface area (Å²) < 4.78 is 0. The van der Waals surface area contributed by atoms with Crippen LogP contribution in [0, 0.1) is 0 Å². The van der Waals surface area contributed by atoms with Crippen LogP contribution in [0.2, 0.25) is 0 Å². The molecule has 3 rings (SSSR count). The van der Waals surface area contributed by atoms with Crippen molar-refractivity contribution in [3.05, 3.63) is 0 Å². The summed E-state index contributed by atoms with van der Waals surface area (Å²) in [6.45, 7) is 4.62. The zero-order valence-electron chi connectivity index (χ0n) is 13.9. The maximum atomic E-state index is 12.8. The van der Waals surface area contributed by atoms with Crippen molar-refractivity contribution in [2.45, 2.75) is 89.3 Å². The zero-order chi connectivity index (χ0) is 15.7. The van der Waals surface area contributed by atoms with Crippen LogP contribution in [-0.4, -0.2) is 45.9 Å². The molecule has 1 N–H and O–H groups in total. The number of amides is 2. The van der Waals surface area contributed by atoms with E-state index in [2.05, 4.69) is 19.3 Å². The number of nitrogens with zero attached hydrogens (tertiary/aromatic N) is 2. The lowest BCUT2D eigenvalue weighted by Gasteiger charge is -2.43. The van der Waals surface area contributed by atoms with E-state index in [1.54, 1.807) is 0 Å². The summed E-state index contributed by atoms with van der Waals surface area (Å²) in [6, 6.07) is 0.633. The number of carbonyl (C=O) groups is 2. The fourth-order valence-corrected chi connectivity index (χ4v) is 4.70. The van der Waals surface area contributed by atoms with E-state index in [9.17, 15) is 9.59 Å². The van der Waals surface area contributed by atoms with Gasteiger partial charge in [0, 0.05) is 24.0 Å². The monoisotopic (exact) mass is 307 g/mol. The summed E-state index contributed by atoms with van der Waals surface area (Å²) in [7, 11) is 0. The highest BCUT2D eigenvalue weighted by atomic mass is 16.2. The van der Waals surface area contributed by atoms with Crippen LogP contribution >= 0.6 is 0 Å². The number of hydrazine groups is 1. The predicted molar refractivity (Wildman–Crippen MR) is 84.9 cm³/mol. The topological polar surface area (TPSA) is 52.7 Å². The van der Waals surface area contributed by atoms with E-state index in [1.807, 2.05) is 9.91 Å². The van der Waals surface area contributed by atoms with Gasteiger partial charge in [0.25, 0.3) is 0 Å². The van der Waals surface area contributed by atoms with Crippen LogP contribution in [0.4, 0.5) is 0 Å². The Morgan fingerprint density at radius 2 is 1.77 bits per heavy atom. The molecule has 2 amide bonds. The van der Waals surface area contributed by atoms with E-state index >= 15 is 0 Å². The van der Waals surface area contributed by atoms with E-state index in [4.69, 9.17) is 0 Å². The third-order valence-corrected chi connectivity index (χ3v) is 5.88. The van der Waals surface area contributed by atoms with Crippen molar-refractivity contribution >= 4 is 11.8 Å². The van der Waals surface area contributed by atoms with Crippen molar-refractivity contribution in [3.63, 3.8) is 0 Å². The lowest BCUT2D eigenvalue weighted by atomic mass is 9.79. The minimum Gasteiger partial charge on any atom is -0.336 e. The van der Waals surface area contributed by atoms with Gasteiger partial charge in [-0.15, -0.1) is 0 Å². The van der Waals surface area contributed by atoms with Gasteiger partial charge in [-0.05, 0) is 46.0 Å². The van der Waals surface area contributed by atoms with Gasteiger partial charge in [-0.25, -0.2) is 5.01 Å². The molecule has 0 aromatic heterocycles. The first-order valence-corrected chi connectivity index (χ1v) is 8.90. The Bertz CT molecular complexity index is 435. The van der Waals surface area contributed by atoms with E-state index < -0.39 is 0 Å². The second-order valence-electron chi connectivity index (χ2n) is 7.51. The molecule has 1 spiro atoms. The lowest BCUT2D eigenvalue weighted by Crippen LogP contribution is -2.57. The van der Waals surface area contributed by atoms with Crippen molar-refractivity contribution in [1.82, 2.24) is 15.3 Å². The summed E-state index contributed by atoms with van der Waals surface area (Å²) in [6.07, 6.45) is 9.58. The lowest BCUT2D eigenvalue weighted by molar-refractivity contribution is -0.141. The average molecular weight is 307 g/mol. The van der Waals surface area contributed by atoms with Gasteiger partial charge in [-0.2, -0.15) is 0 Å². The van der Waals surface area contributed by atoms with Crippen LogP contribution in [0.25, 0.3) is 0 Å². The first-order chi connectivity index (χ1) is 10.5. The first-order valence-electron chi connectivity index (χ1n) is 8.90. The average Bonchev–Trinajstić information content (AvgIpc) is 2.74. The third-order valence-electron chi connectivity index (χ3n) is 5.88. The number of hydrogen-bond acceptors (Lipinski definition) is 3. The van der Waals surface area contributed by atoms with Crippen LogP contribution in [0.15, 0.2) is 0 Å². The minimum atomic E-state index is -0.104. The molecule has 0 aromatic carbocycles. The highest BCUT2D eigenvalue weighted by Gasteiger charge is 2.47. The molecule has 3 aliphatic rings. The van der Waals surface area contributed by atoms with Crippen molar-refractivity contribution < 1.29 is 9.59 Å². The number of piperidine rings is 1. The van der Waals surface area contributed by atoms with Gasteiger partial charge in [0.05, 0.1) is 6.54 Å². The van der Waals surface area contributed by atoms with E-state index in [-0.39, 0.29) is 17.4 Å². The molecular formula is C17H29N3O2. The van der Waals surface area contributed by atoms with Gasteiger partial charge in [0.2, 0.25) is 11.8 Å². The molecule has 124 valence electrons. The highest BCUT2D eigenvalue weighted by molar-refractivity contribution is 5.83. The molecule has 2 saturated heterocycles. The number of carbonyl (C=O) groups excluding carboxylic acids is 2. The Morgan fingerprint density at radius 3 is 2.41 bits per heavy atom. The quantitative estimate of drug-likeness (QED) is 0.851. The molecule has 2 unspecified atom stereocenters. The molecule has 2 aliphatic heterocycles. The summed E-state index contributed by atoms with van der Waals surface area (Å²) in [5.41, 5.74) is 2.86. The molecule has 0 bridgehead atoms. The van der Waals surface area contributed by atoms with Crippen LogP contribution in [0.5, 0.6) is 0 Å². The summed E-state index contributed by atoms with van der Waals surface area (Å²) in [5, 5.41) is 1.98. The molecule has 5 heteroatoms. The van der Waals surface area contributed by atoms with Gasteiger partial charge in [0.15, 0.2) is 0 Å². The van der Waals surface area contributed by atoms with Crippen molar-refractivity contribution in [1.29, 1.82) is 0 Å². The number of likely N-dealkylation sites (tertiary alicyclic amines) is 1. The molecule has 5 nitrogen and oxygen atoms in total. The molecule has 2 heterocycles. The second kappa shape index (κ2) is 6.19. The summed E-state index contributed by atoms with van der Waals surface area (Å²) >= 11 is 0. The summed E-state index contributed by atoms with van der Waals surface area (Å²) in [4.78, 5) is 26.8. The molecule has 1 aliphatic carbocycles. The molecule has 2 atom stereocenters. The second-order valence-corrected chi connectivity index (χ2v) is 7.51. The molecule has 0 aromatic rings. The molecule has 1 saturated carbocycles. The maximum Gasteiger partial charge on any atom is 0.239 e. The fourth-order valence-electron chi connectivity index (χ4n) is 4.70. The highest BCUT2D eigenvalue weighted by Crippen LogP contribution is 2.38. The van der Waals surface area contributed by atoms with Crippen LogP contribution in [-0.2, 0) is 9.59 Å². The van der Waals surface area contributed by atoms with Crippen LogP contribution in [0.3, 0.4) is 0 Å². The van der Waals surface area contributed by atoms with Gasteiger partial charge >= 0.3 is 0 Å². The van der Waals surface area contributed by atoms with Crippen LogP contribution < -0.4 is 5.43 Å². The fraction of sp³-hybridized carbons (Fsp3) is 0.882. The van der Waals surface area contributed by atoms with Crippen molar-refractivity contribution in [2.24, 2.45) is 0 Å². The van der Waals surface area contributed by atoms with Crippen molar-refractivity contribution in [2.75, 3.05) is 6.54 Å². The van der Waals surface area contributed by atoms with Crippen LogP contribution in [0.1, 0.15) is 71.6 Å². The zero-order valence-corrected chi connectivity index (χ0v) is 13.9. The Balaban J connectivity index is 1.70. The number of nitrogens with one attached hydrogen (secondary N) is 1. The van der Waals surface area contributed by atoms with Gasteiger partial charge in [-0.1, -0.05) is 19.3 Å². The Hall–Kier alpha value is -1.10. The minimum absolute atomic E-state index is 0.0782. The van der Waals surface area contributed by atoms with E-state index in [1.165, 1.54) is 12.8 Å². The van der Waals surface area contributed by atoms with E-state index in [0.29, 0.717) is 25.0 Å². The Kier molecular flexibility index (Phi) is 4.44. The number of rotatable bonds is 2. The first kappa shape index (κ1) is 15.8. The SMILES string of the molecule is CC1CCCC(C)N1C(=O)CN1NC(=O)CC12CCCCC2. The maximum absolute atomic E-state index is 12.8. The largest absolute Gasteiger partial charge is 0.336 e. The van der Waals surface area contributed by atoms with Gasteiger partial charge in [-0.3, -0.25) is 15.0 Å². The molecule has 22 heavy (non-hydrogen) atoms. The normalized spacial score (nSPS) is 32.3. The molecule has 0 radical (unpaired) electrons. The van der Waals surface area contributed by atoms with E-state index in [0.717, 1.165) is 38.5 Å². The Morgan fingerprint density at radius 1 is 1.14 bits per heavy atom. The number of hydrogen-bond donors (Lipinski definition) is 1. The van der Waals surface area contributed by atoms with Crippen molar-refractivity contribution in [3.8, 4) is 0 Å². The third kappa shape index (κ3) is 2.87. The molecule has 3 fully saturated rings. The standard InChI is InChI=1S/C17H29N3O2/c1-13-7-6-8-14(2)20(13)16(22)12-19-17(11-15(21)18-19)9-4-3-5-10-17/h13-14H,3-12H2,1-2H3,(H,18,21). The molecular weight excluding hydrogens is 278 g/mol.